The first-order valence-corrected chi connectivity index (χ1v) is 17.0. The van der Waals surface area contributed by atoms with Crippen LogP contribution in [0.2, 0.25) is 0 Å². The first kappa shape index (κ1) is 37.5. The fourth-order valence-electron chi connectivity index (χ4n) is 5.85. The Hall–Kier alpha value is -4.32. The molecule has 0 radical (unpaired) electrons. The topological polar surface area (TPSA) is 122 Å². The quantitative estimate of drug-likeness (QED) is 0.230. The van der Waals surface area contributed by atoms with E-state index in [2.05, 4.69) is 41.6 Å². The number of hydrogen-bond acceptors (Lipinski definition) is 8. The lowest BCUT2D eigenvalue weighted by Gasteiger charge is -2.36. The van der Waals surface area contributed by atoms with Gasteiger partial charge in [0.1, 0.15) is 17.2 Å². The number of ether oxygens (including phenoxy) is 4. The zero-order valence-corrected chi connectivity index (χ0v) is 29.6. The second-order valence-corrected chi connectivity index (χ2v) is 12.9. The van der Waals surface area contributed by atoms with E-state index in [1.54, 1.807) is 61.6 Å². The van der Waals surface area contributed by atoms with Crippen LogP contribution in [0, 0.1) is 5.92 Å². The summed E-state index contributed by atoms with van der Waals surface area (Å²) in [6.07, 6.45) is 2.27. The lowest BCUT2D eigenvalue weighted by atomic mass is 10.0. The van der Waals surface area contributed by atoms with Crippen molar-refractivity contribution in [2.45, 2.75) is 64.8 Å². The third-order valence-electron chi connectivity index (χ3n) is 8.76. The van der Waals surface area contributed by atoms with Gasteiger partial charge in [-0.1, -0.05) is 19.1 Å². The second-order valence-electron chi connectivity index (χ2n) is 12.9. The maximum absolute atomic E-state index is 14.4. The molecule has 0 bridgehead atoms. The number of carbonyl (C=O) groups excluding carboxylic acids is 2. The zero-order valence-electron chi connectivity index (χ0n) is 29.6. The summed E-state index contributed by atoms with van der Waals surface area (Å²) >= 11 is 0. The summed E-state index contributed by atoms with van der Waals surface area (Å²) in [4.78, 5) is 31.2. The molecule has 4 atom stereocenters. The van der Waals surface area contributed by atoms with Crippen molar-refractivity contribution in [1.82, 2.24) is 9.80 Å². The van der Waals surface area contributed by atoms with E-state index < -0.39 is 12.1 Å². The van der Waals surface area contributed by atoms with Gasteiger partial charge in [-0.3, -0.25) is 9.69 Å². The number of aliphatic hydroxyl groups excluding tert-OH is 1. The van der Waals surface area contributed by atoms with Crippen molar-refractivity contribution in [3.8, 4) is 17.2 Å². The molecule has 11 nitrogen and oxygen atoms in total. The van der Waals surface area contributed by atoms with Gasteiger partial charge < -0.3 is 39.6 Å². The Bertz CT molecular complexity index is 1480. The minimum Gasteiger partial charge on any atom is -0.497 e. The van der Waals surface area contributed by atoms with Gasteiger partial charge in [0.15, 0.2) is 0 Å². The lowest BCUT2D eigenvalue weighted by Crippen LogP contribution is -2.47. The van der Waals surface area contributed by atoms with Crippen LogP contribution in [0.25, 0.3) is 0 Å². The molecule has 0 aromatic heterocycles. The SMILES string of the molecule is COc1ccc(CN(C)C[C@H]2OCCCC[C@@H](C)Oc3ccc(NC(=O)Nc4ccc(OC)cc4)cc3C(=O)N([C@@H](C)CO)C[C@@H]2C)cc1. The van der Waals surface area contributed by atoms with Crippen LogP contribution in [0.1, 0.15) is 56.0 Å². The van der Waals surface area contributed by atoms with Crippen LogP contribution in [-0.2, 0) is 11.3 Å². The van der Waals surface area contributed by atoms with Crippen molar-refractivity contribution in [3.63, 3.8) is 0 Å². The van der Waals surface area contributed by atoms with Gasteiger partial charge in [-0.05, 0) is 100 Å². The van der Waals surface area contributed by atoms with E-state index in [1.807, 2.05) is 26.0 Å². The average molecular weight is 677 g/mol. The molecule has 3 amide bonds. The molecule has 3 aromatic rings. The predicted molar refractivity (Wildman–Crippen MR) is 192 cm³/mol. The van der Waals surface area contributed by atoms with E-state index in [0.29, 0.717) is 48.1 Å². The average Bonchev–Trinajstić information content (AvgIpc) is 3.10. The second kappa shape index (κ2) is 18.4. The summed E-state index contributed by atoms with van der Waals surface area (Å²) in [5.74, 6) is 1.58. The number of fused-ring (bicyclic) bond motifs is 1. The smallest absolute Gasteiger partial charge is 0.323 e. The third-order valence-corrected chi connectivity index (χ3v) is 8.76. The van der Waals surface area contributed by atoms with Crippen LogP contribution in [0.4, 0.5) is 16.2 Å². The molecule has 3 N–H and O–H groups in total. The van der Waals surface area contributed by atoms with Crippen LogP contribution in [-0.4, -0.2) is 92.7 Å². The van der Waals surface area contributed by atoms with E-state index in [4.69, 9.17) is 18.9 Å². The molecule has 1 heterocycles. The van der Waals surface area contributed by atoms with Gasteiger partial charge in [0.2, 0.25) is 0 Å². The molecule has 0 unspecified atom stereocenters. The number of benzene rings is 3. The summed E-state index contributed by atoms with van der Waals surface area (Å²) in [5, 5.41) is 15.9. The number of nitrogens with one attached hydrogen (secondary N) is 2. The number of anilines is 2. The number of nitrogens with zero attached hydrogens (tertiary/aromatic N) is 2. The zero-order chi connectivity index (χ0) is 35.3. The Morgan fingerprint density at radius 2 is 1.61 bits per heavy atom. The number of likely N-dealkylation sites (N-methyl/N-ethyl adjacent to an activating group) is 1. The van der Waals surface area contributed by atoms with Crippen LogP contribution >= 0.6 is 0 Å². The molecule has 0 aliphatic carbocycles. The number of aliphatic hydroxyl groups is 1. The highest BCUT2D eigenvalue weighted by molar-refractivity contribution is 6.02. The molecule has 0 saturated carbocycles. The molecular formula is C38H52N4O7. The maximum atomic E-state index is 14.4. The first-order chi connectivity index (χ1) is 23.6. The van der Waals surface area contributed by atoms with Gasteiger partial charge in [-0.15, -0.1) is 0 Å². The molecule has 1 aliphatic rings. The van der Waals surface area contributed by atoms with Gasteiger partial charge in [-0.2, -0.15) is 0 Å². The van der Waals surface area contributed by atoms with Gasteiger partial charge in [0.25, 0.3) is 5.91 Å². The van der Waals surface area contributed by atoms with Crippen molar-refractivity contribution in [1.29, 1.82) is 0 Å². The summed E-state index contributed by atoms with van der Waals surface area (Å²) < 4.78 is 23.3. The van der Waals surface area contributed by atoms with Gasteiger partial charge in [0, 0.05) is 43.5 Å². The van der Waals surface area contributed by atoms with Crippen LogP contribution in [0.5, 0.6) is 17.2 Å². The van der Waals surface area contributed by atoms with Gasteiger partial charge >= 0.3 is 6.03 Å². The molecule has 4 rings (SSSR count). The van der Waals surface area contributed by atoms with E-state index in [-0.39, 0.29) is 30.6 Å². The largest absolute Gasteiger partial charge is 0.497 e. The van der Waals surface area contributed by atoms with Gasteiger partial charge in [0.05, 0.1) is 44.6 Å². The van der Waals surface area contributed by atoms with Gasteiger partial charge in [-0.25, -0.2) is 4.79 Å². The van der Waals surface area contributed by atoms with Crippen molar-refractivity contribution < 1.29 is 33.6 Å². The number of rotatable bonds is 10. The fourth-order valence-corrected chi connectivity index (χ4v) is 5.85. The highest BCUT2D eigenvalue weighted by Crippen LogP contribution is 2.29. The highest BCUT2D eigenvalue weighted by Gasteiger charge is 2.30. The standard InChI is InChI=1S/C38H52N4O7/c1-26-22-42(27(2)25-43)37(44)34-21-31(40-38(45)39-30-12-17-33(47-6)18-13-30)14-19-35(34)49-28(3)9-7-8-20-48-36(26)24-41(4)23-29-10-15-32(46-5)16-11-29/h10-19,21,26-28,36,43H,7-9,20,22-25H2,1-6H3,(H2,39,40,45)/t26-,27-,28+,36+/m0/s1. The first-order valence-electron chi connectivity index (χ1n) is 17.0. The minimum atomic E-state index is -0.471. The predicted octanol–water partition coefficient (Wildman–Crippen LogP) is 6.28. The van der Waals surface area contributed by atoms with E-state index in [9.17, 15) is 14.7 Å². The van der Waals surface area contributed by atoms with E-state index >= 15 is 0 Å². The number of carbonyl (C=O) groups is 2. The molecular weight excluding hydrogens is 624 g/mol. The van der Waals surface area contributed by atoms with Crippen molar-refractivity contribution in [3.05, 3.63) is 77.9 Å². The number of amides is 3. The fraction of sp³-hybridized carbons (Fsp3) is 0.474. The highest BCUT2D eigenvalue weighted by atomic mass is 16.5. The van der Waals surface area contributed by atoms with Crippen LogP contribution in [0.15, 0.2) is 66.7 Å². The molecule has 0 spiro atoms. The molecule has 0 saturated heterocycles. The summed E-state index contributed by atoms with van der Waals surface area (Å²) in [7, 11) is 5.31. The lowest BCUT2D eigenvalue weighted by molar-refractivity contribution is -0.0177. The van der Waals surface area contributed by atoms with E-state index in [1.165, 1.54) is 0 Å². The third kappa shape index (κ3) is 11.1. The molecule has 0 fully saturated rings. The Morgan fingerprint density at radius 1 is 0.980 bits per heavy atom. The number of methoxy groups -OCH3 is 2. The van der Waals surface area contributed by atoms with Crippen LogP contribution < -0.4 is 24.8 Å². The van der Waals surface area contributed by atoms with Crippen molar-refractivity contribution in [2.75, 3.05) is 58.2 Å². The Morgan fingerprint density at radius 3 is 2.27 bits per heavy atom. The molecule has 3 aromatic carbocycles. The summed E-state index contributed by atoms with van der Waals surface area (Å²) in [5.41, 5.74) is 2.50. The molecule has 49 heavy (non-hydrogen) atoms. The Balaban J connectivity index is 1.56. The molecule has 266 valence electrons. The molecule has 11 heteroatoms. The molecule has 1 aliphatic heterocycles. The van der Waals surface area contributed by atoms with Crippen molar-refractivity contribution in [2.24, 2.45) is 5.92 Å². The Labute approximate surface area is 290 Å². The monoisotopic (exact) mass is 676 g/mol. The normalized spacial score (nSPS) is 19.6. The Kier molecular flexibility index (Phi) is 14.1. The van der Waals surface area contributed by atoms with Crippen LogP contribution in [0.3, 0.4) is 0 Å². The summed E-state index contributed by atoms with van der Waals surface area (Å²) in [6.45, 7) is 8.04. The maximum Gasteiger partial charge on any atom is 0.323 e. The number of hydrogen-bond donors (Lipinski definition) is 3. The number of urea groups is 1. The van der Waals surface area contributed by atoms with Crippen molar-refractivity contribution >= 4 is 23.3 Å². The summed E-state index contributed by atoms with van der Waals surface area (Å²) in [6, 6.07) is 19.2. The van der Waals surface area contributed by atoms with E-state index in [0.717, 1.165) is 37.1 Å². The minimum absolute atomic E-state index is 0.0564.